The van der Waals surface area contributed by atoms with E-state index in [0.29, 0.717) is 11.5 Å². The molecule has 0 amide bonds. The molecule has 1 saturated carbocycles. The van der Waals surface area contributed by atoms with E-state index in [9.17, 15) is 4.79 Å². The van der Waals surface area contributed by atoms with E-state index in [2.05, 4.69) is 6.58 Å². The average molecular weight is 422 g/mol. The third kappa shape index (κ3) is 4.88. The fourth-order valence-corrected chi connectivity index (χ4v) is 2.42. The Morgan fingerprint density at radius 3 is 2.17 bits per heavy atom. The van der Waals surface area contributed by atoms with Gasteiger partial charge in [0.25, 0.3) is 0 Å². The van der Waals surface area contributed by atoms with Crippen LogP contribution in [0.3, 0.4) is 0 Å². The molecule has 0 N–H and O–H groups in total. The van der Waals surface area contributed by atoms with Gasteiger partial charge in [0.2, 0.25) is 0 Å². The van der Waals surface area contributed by atoms with Gasteiger partial charge in [0.05, 0.1) is 0 Å². The zero-order valence-corrected chi connectivity index (χ0v) is 15.1. The van der Waals surface area contributed by atoms with Crippen LogP contribution in [0.2, 0.25) is 0 Å². The molecule has 0 aromatic rings. The maximum atomic E-state index is 11.9. The summed E-state index contributed by atoms with van der Waals surface area (Å²) in [6.07, 6.45) is 6.19. The van der Waals surface area contributed by atoms with Gasteiger partial charge in [-0.15, -0.1) is 0 Å². The molecule has 0 atom stereocenters. The summed E-state index contributed by atoms with van der Waals surface area (Å²) >= 11 is 0. The van der Waals surface area contributed by atoms with Crippen LogP contribution in [0.1, 0.15) is 59.8 Å². The molecule has 0 aromatic heterocycles. The molecule has 2 nitrogen and oxygen atoms in total. The summed E-state index contributed by atoms with van der Waals surface area (Å²) in [6.45, 7) is 11.8. The van der Waals surface area contributed by atoms with Gasteiger partial charge in [-0.25, -0.2) is 4.79 Å². The van der Waals surface area contributed by atoms with E-state index >= 15 is 0 Å². The van der Waals surface area contributed by atoms with Crippen molar-refractivity contribution in [2.75, 3.05) is 0 Å². The first-order valence-electron chi connectivity index (χ1n) is 6.76. The number of carbonyl (C=O) groups excluding carboxylic acids is 1. The fraction of sp³-hybridized carbons (Fsp3) is 0.800. The van der Waals surface area contributed by atoms with Crippen molar-refractivity contribution in [3.05, 3.63) is 12.2 Å². The van der Waals surface area contributed by atoms with Crippen LogP contribution in [-0.2, 0) is 30.6 Å². The van der Waals surface area contributed by atoms with Crippen LogP contribution in [0.5, 0.6) is 0 Å². The van der Waals surface area contributed by atoms with Crippen LogP contribution in [0.15, 0.2) is 12.2 Å². The van der Waals surface area contributed by atoms with Crippen LogP contribution in [0.4, 0.5) is 0 Å². The maximum Gasteiger partial charge on any atom is 0.334 e. The molecule has 0 bridgehead atoms. The summed E-state index contributed by atoms with van der Waals surface area (Å²) in [5.74, 6) is 0.431. The molecule has 18 heavy (non-hydrogen) atoms. The summed E-state index contributed by atoms with van der Waals surface area (Å²) in [7, 11) is 0. The van der Waals surface area contributed by atoms with Crippen LogP contribution in [0.25, 0.3) is 0 Å². The quantitative estimate of drug-likeness (QED) is 0.504. The van der Waals surface area contributed by atoms with Gasteiger partial charge in [-0.1, -0.05) is 39.7 Å². The van der Waals surface area contributed by atoms with Gasteiger partial charge in [0.1, 0.15) is 5.60 Å². The minimum Gasteiger partial charge on any atom is -0.456 e. The van der Waals surface area contributed by atoms with Crippen LogP contribution < -0.4 is 0 Å². The molecule has 1 fully saturated rings. The SMILES string of the molecule is C=C(C(=O)OC(C)(C)C1CCCCC1)C(C)C.[W]. The van der Waals surface area contributed by atoms with Crippen molar-refractivity contribution in [1.82, 2.24) is 0 Å². The first-order valence-corrected chi connectivity index (χ1v) is 6.76. The van der Waals surface area contributed by atoms with Crippen molar-refractivity contribution in [1.29, 1.82) is 0 Å². The van der Waals surface area contributed by atoms with Crippen molar-refractivity contribution >= 4 is 5.97 Å². The molecule has 0 aliphatic heterocycles. The Morgan fingerprint density at radius 2 is 1.72 bits per heavy atom. The second-order valence-corrected chi connectivity index (χ2v) is 6.01. The largest absolute Gasteiger partial charge is 0.456 e. The van der Waals surface area contributed by atoms with E-state index in [1.54, 1.807) is 0 Å². The Morgan fingerprint density at radius 1 is 1.22 bits per heavy atom. The molecular weight excluding hydrogens is 396 g/mol. The third-order valence-electron chi connectivity index (χ3n) is 3.90. The number of ether oxygens (including phenoxy) is 1. The van der Waals surface area contributed by atoms with E-state index in [1.165, 1.54) is 32.1 Å². The molecule has 1 aliphatic rings. The van der Waals surface area contributed by atoms with Crippen molar-refractivity contribution in [2.24, 2.45) is 11.8 Å². The molecule has 0 aromatic carbocycles. The smallest absolute Gasteiger partial charge is 0.334 e. The Hall–Kier alpha value is -0.102. The Bertz CT molecular complexity index is 289. The van der Waals surface area contributed by atoms with E-state index in [-0.39, 0.29) is 38.6 Å². The van der Waals surface area contributed by atoms with E-state index in [4.69, 9.17) is 4.74 Å². The standard InChI is InChI=1S/C15H26O2.W/c1-11(2)12(3)14(16)17-15(4,5)13-9-7-6-8-10-13;/h11,13H,3,6-10H2,1-2,4-5H3;. The molecule has 1 rings (SSSR count). The van der Waals surface area contributed by atoms with Gasteiger partial charge in [-0.05, 0) is 38.5 Å². The fourth-order valence-electron chi connectivity index (χ4n) is 2.42. The molecule has 0 saturated heterocycles. The molecule has 0 radical (unpaired) electrons. The molecule has 0 spiro atoms. The third-order valence-corrected chi connectivity index (χ3v) is 3.90. The predicted molar refractivity (Wildman–Crippen MR) is 70.7 cm³/mol. The number of esters is 1. The van der Waals surface area contributed by atoms with Crippen molar-refractivity contribution < 1.29 is 30.6 Å². The summed E-state index contributed by atoms with van der Waals surface area (Å²) in [4.78, 5) is 11.9. The predicted octanol–water partition coefficient (Wildman–Crippen LogP) is 4.10. The van der Waals surface area contributed by atoms with Crippen molar-refractivity contribution in [3.63, 3.8) is 0 Å². The summed E-state index contributed by atoms with van der Waals surface area (Å²) < 4.78 is 5.66. The minimum absolute atomic E-state index is 0. The molecule has 0 unspecified atom stereocenters. The van der Waals surface area contributed by atoms with Crippen LogP contribution in [0, 0.1) is 11.8 Å². The first-order chi connectivity index (χ1) is 7.84. The number of carbonyl (C=O) groups is 1. The molecule has 104 valence electrons. The van der Waals surface area contributed by atoms with E-state index in [1.807, 2.05) is 27.7 Å². The summed E-state index contributed by atoms with van der Waals surface area (Å²) in [6, 6.07) is 0. The zero-order valence-electron chi connectivity index (χ0n) is 12.1. The molecular formula is C15H26O2W. The molecule has 0 heterocycles. The topological polar surface area (TPSA) is 26.3 Å². The summed E-state index contributed by atoms with van der Waals surface area (Å²) in [5, 5.41) is 0. The van der Waals surface area contributed by atoms with Crippen LogP contribution in [-0.4, -0.2) is 11.6 Å². The minimum atomic E-state index is -0.352. The van der Waals surface area contributed by atoms with Gasteiger partial charge >= 0.3 is 5.97 Å². The normalized spacial score (nSPS) is 17.2. The van der Waals surface area contributed by atoms with Gasteiger partial charge in [-0.3, -0.25) is 0 Å². The van der Waals surface area contributed by atoms with Gasteiger partial charge < -0.3 is 4.74 Å². The number of hydrogen-bond acceptors (Lipinski definition) is 2. The van der Waals surface area contributed by atoms with E-state index < -0.39 is 0 Å². The van der Waals surface area contributed by atoms with Crippen molar-refractivity contribution in [2.45, 2.75) is 65.4 Å². The van der Waals surface area contributed by atoms with Gasteiger partial charge in [0.15, 0.2) is 0 Å². The Balaban J connectivity index is 0.00000289. The zero-order chi connectivity index (χ0) is 13.1. The molecule has 3 heteroatoms. The number of hydrogen-bond donors (Lipinski definition) is 0. The summed E-state index contributed by atoms with van der Waals surface area (Å²) in [5.41, 5.74) is 0.226. The second kappa shape index (κ2) is 7.48. The monoisotopic (exact) mass is 422 g/mol. The maximum absolute atomic E-state index is 11.9. The molecule has 1 aliphatic carbocycles. The van der Waals surface area contributed by atoms with Crippen LogP contribution >= 0.6 is 0 Å². The average Bonchev–Trinajstić information content (AvgIpc) is 2.28. The first kappa shape index (κ1) is 17.9. The van der Waals surface area contributed by atoms with Gasteiger partial charge in [0, 0.05) is 26.6 Å². The number of rotatable bonds is 4. The van der Waals surface area contributed by atoms with Crippen molar-refractivity contribution in [3.8, 4) is 0 Å². The Kier molecular flexibility index (Phi) is 7.44. The second-order valence-electron chi connectivity index (χ2n) is 6.01. The Labute approximate surface area is 126 Å². The van der Waals surface area contributed by atoms with Gasteiger partial charge in [-0.2, -0.15) is 0 Å². The van der Waals surface area contributed by atoms with E-state index in [0.717, 1.165) is 0 Å².